The molecule has 0 aromatic carbocycles. The van der Waals surface area contributed by atoms with Crippen molar-refractivity contribution in [3.63, 3.8) is 0 Å². The Morgan fingerprint density at radius 1 is 1.82 bits per heavy atom. The van der Waals surface area contributed by atoms with Crippen LogP contribution in [0.5, 0.6) is 0 Å². The Labute approximate surface area is 68.3 Å². The molecule has 1 fully saturated rings. The molecule has 1 heterocycles. The molecular formula is C9H15NO. The van der Waals surface area contributed by atoms with Crippen molar-refractivity contribution >= 4 is 0 Å². The Bertz CT molecular complexity index is 144. The van der Waals surface area contributed by atoms with E-state index in [2.05, 4.69) is 18.2 Å². The summed E-state index contributed by atoms with van der Waals surface area (Å²) in [4.78, 5) is 0. The molecule has 62 valence electrons. The summed E-state index contributed by atoms with van der Waals surface area (Å²) in [7, 11) is 0. The van der Waals surface area contributed by atoms with E-state index in [4.69, 9.17) is 11.2 Å². The molecule has 0 bridgehead atoms. The van der Waals surface area contributed by atoms with Crippen molar-refractivity contribution < 1.29 is 4.74 Å². The third-order valence-electron chi connectivity index (χ3n) is 2.20. The van der Waals surface area contributed by atoms with Crippen LogP contribution >= 0.6 is 0 Å². The Hall–Kier alpha value is -0.520. The molecule has 2 unspecified atom stereocenters. The lowest BCUT2D eigenvalue weighted by Gasteiger charge is -2.17. The van der Waals surface area contributed by atoms with Crippen molar-refractivity contribution in [3.8, 4) is 12.3 Å². The largest absolute Gasteiger partial charge is 0.381 e. The second kappa shape index (κ2) is 4.38. The summed E-state index contributed by atoms with van der Waals surface area (Å²) in [6.45, 7) is 4.62. The third kappa shape index (κ3) is 2.53. The quantitative estimate of drug-likeness (QED) is 0.601. The summed E-state index contributed by atoms with van der Waals surface area (Å²) in [5.41, 5.74) is 0. The maximum atomic E-state index is 5.27. The van der Waals surface area contributed by atoms with Crippen LogP contribution in [-0.4, -0.2) is 25.8 Å². The van der Waals surface area contributed by atoms with E-state index in [1.54, 1.807) is 0 Å². The Morgan fingerprint density at radius 2 is 2.64 bits per heavy atom. The lowest BCUT2D eigenvalue weighted by molar-refractivity contribution is 0.179. The molecule has 0 radical (unpaired) electrons. The zero-order valence-corrected chi connectivity index (χ0v) is 6.97. The fourth-order valence-corrected chi connectivity index (χ4v) is 1.33. The minimum atomic E-state index is 0.494. The minimum absolute atomic E-state index is 0.494. The first-order chi connectivity index (χ1) is 5.34. The highest BCUT2D eigenvalue weighted by Gasteiger charge is 2.21. The summed E-state index contributed by atoms with van der Waals surface area (Å²) in [6, 6.07) is 0.494. The molecule has 0 amide bonds. The molecule has 2 heteroatoms. The smallest absolute Gasteiger partial charge is 0.0575 e. The summed E-state index contributed by atoms with van der Waals surface area (Å²) in [6.07, 6.45) is 6.30. The molecule has 0 aromatic rings. The minimum Gasteiger partial charge on any atom is -0.381 e. The van der Waals surface area contributed by atoms with Crippen molar-refractivity contribution in [1.29, 1.82) is 0 Å². The Kier molecular flexibility index (Phi) is 3.41. The van der Waals surface area contributed by atoms with E-state index in [-0.39, 0.29) is 0 Å². The van der Waals surface area contributed by atoms with Crippen LogP contribution < -0.4 is 5.32 Å². The van der Waals surface area contributed by atoms with E-state index in [1.165, 1.54) is 6.42 Å². The maximum Gasteiger partial charge on any atom is 0.0575 e. The van der Waals surface area contributed by atoms with Crippen LogP contribution in [0.15, 0.2) is 0 Å². The lowest BCUT2D eigenvalue weighted by atomic mass is 10.0. The van der Waals surface area contributed by atoms with Gasteiger partial charge in [0.2, 0.25) is 0 Å². The van der Waals surface area contributed by atoms with Gasteiger partial charge < -0.3 is 10.1 Å². The van der Waals surface area contributed by atoms with Gasteiger partial charge in [-0.15, -0.1) is 6.42 Å². The van der Waals surface area contributed by atoms with Crippen LogP contribution in [0.3, 0.4) is 0 Å². The van der Waals surface area contributed by atoms with Crippen LogP contribution in [0, 0.1) is 18.3 Å². The molecule has 1 aliphatic heterocycles. The van der Waals surface area contributed by atoms with E-state index < -0.39 is 0 Å². The number of hydrogen-bond donors (Lipinski definition) is 1. The normalized spacial score (nSPS) is 26.4. The first-order valence-electron chi connectivity index (χ1n) is 4.09. The van der Waals surface area contributed by atoms with Gasteiger partial charge in [-0.25, -0.2) is 0 Å². The zero-order valence-electron chi connectivity index (χ0n) is 6.97. The molecule has 2 nitrogen and oxygen atoms in total. The number of nitrogens with one attached hydrogen (secondary N) is 1. The lowest BCUT2D eigenvalue weighted by Crippen LogP contribution is -2.33. The predicted octanol–water partition coefficient (Wildman–Crippen LogP) is 0.634. The molecule has 1 N–H and O–H groups in total. The molecule has 0 aromatic heterocycles. The van der Waals surface area contributed by atoms with Crippen LogP contribution in [-0.2, 0) is 4.74 Å². The van der Waals surface area contributed by atoms with E-state index in [9.17, 15) is 0 Å². The molecule has 0 saturated carbocycles. The standard InChI is InChI=1S/C9H15NO/c1-3-5-10-8(2)9-4-6-11-7-9/h1,8-10H,4-7H2,2H3. The topological polar surface area (TPSA) is 21.3 Å². The summed E-state index contributed by atoms with van der Waals surface area (Å²) in [5, 5.41) is 3.26. The van der Waals surface area contributed by atoms with Gasteiger partial charge >= 0.3 is 0 Å². The van der Waals surface area contributed by atoms with E-state index >= 15 is 0 Å². The van der Waals surface area contributed by atoms with Gasteiger partial charge in [0.1, 0.15) is 0 Å². The Balaban J connectivity index is 2.18. The number of ether oxygens (including phenoxy) is 1. The van der Waals surface area contributed by atoms with Crippen LogP contribution in [0.25, 0.3) is 0 Å². The average molecular weight is 153 g/mol. The van der Waals surface area contributed by atoms with E-state index in [1.807, 2.05) is 0 Å². The van der Waals surface area contributed by atoms with Crippen molar-refractivity contribution in [2.24, 2.45) is 5.92 Å². The van der Waals surface area contributed by atoms with E-state index in [0.717, 1.165) is 13.2 Å². The number of terminal acetylenes is 1. The fraction of sp³-hybridized carbons (Fsp3) is 0.778. The monoisotopic (exact) mass is 153 g/mol. The molecule has 1 rings (SSSR count). The SMILES string of the molecule is C#CCNC(C)C1CCOC1. The molecule has 0 spiro atoms. The van der Waals surface area contributed by atoms with Gasteiger partial charge in [-0.05, 0) is 19.3 Å². The molecule has 0 aliphatic carbocycles. The molecule has 1 saturated heterocycles. The van der Waals surface area contributed by atoms with Gasteiger partial charge in [-0.1, -0.05) is 5.92 Å². The Morgan fingerprint density at radius 3 is 3.18 bits per heavy atom. The highest BCUT2D eigenvalue weighted by Crippen LogP contribution is 2.15. The second-order valence-corrected chi connectivity index (χ2v) is 3.00. The molecule has 2 atom stereocenters. The van der Waals surface area contributed by atoms with Crippen LogP contribution in [0.1, 0.15) is 13.3 Å². The first kappa shape index (κ1) is 8.58. The van der Waals surface area contributed by atoms with Gasteiger partial charge in [0.25, 0.3) is 0 Å². The summed E-state index contributed by atoms with van der Waals surface area (Å²) >= 11 is 0. The molecule has 11 heavy (non-hydrogen) atoms. The number of hydrogen-bond acceptors (Lipinski definition) is 2. The maximum absolute atomic E-state index is 5.27. The molecule has 1 aliphatic rings. The van der Waals surface area contributed by atoms with Gasteiger partial charge in [-0.2, -0.15) is 0 Å². The summed E-state index contributed by atoms with van der Waals surface area (Å²) < 4.78 is 5.27. The van der Waals surface area contributed by atoms with Crippen molar-refractivity contribution in [1.82, 2.24) is 5.32 Å². The van der Waals surface area contributed by atoms with Gasteiger partial charge in [0, 0.05) is 12.6 Å². The average Bonchev–Trinajstić information content (AvgIpc) is 2.52. The highest BCUT2D eigenvalue weighted by molar-refractivity contribution is 4.89. The first-order valence-corrected chi connectivity index (χ1v) is 4.09. The fourth-order valence-electron chi connectivity index (χ4n) is 1.33. The van der Waals surface area contributed by atoms with Crippen molar-refractivity contribution in [2.45, 2.75) is 19.4 Å². The predicted molar refractivity (Wildman–Crippen MR) is 45.2 cm³/mol. The van der Waals surface area contributed by atoms with Crippen LogP contribution in [0.4, 0.5) is 0 Å². The van der Waals surface area contributed by atoms with E-state index in [0.29, 0.717) is 18.5 Å². The molecular weight excluding hydrogens is 138 g/mol. The number of rotatable bonds is 3. The van der Waals surface area contributed by atoms with Crippen molar-refractivity contribution in [3.05, 3.63) is 0 Å². The van der Waals surface area contributed by atoms with Crippen LogP contribution in [0.2, 0.25) is 0 Å². The summed E-state index contributed by atoms with van der Waals surface area (Å²) in [5.74, 6) is 3.23. The second-order valence-electron chi connectivity index (χ2n) is 3.00. The highest BCUT2D eigenvalue weighted by atomic mass is 16.5. The van der Waals surface area contributed by atoms with Crippen molar-refractivity contribution in [2.75, 3.05) is 19.8 Å². The zero-order chi connectivity index (χ0) is 8.10. The van der Waals surface area contributed by atoms with Gasteiger partial charge in [-0.3, -0.25) is 0 Å². The third-order valence-corrected chi connectivity index (χ3v) is 2.20. The van der Waals surface area contributed by atoms with Gasteiger partial charge in [0.05, 0.1) is 13.2 Å². The van der Waals surface area contributed by atoms with Gasteiger partial charge in [0.15, 0.2) is 0 Å².